The van der Waals surface area contributed by atoms with Crippen molar-refractivity contribution in [3.8, 4) is 5.75 Å². The highest BCUT2D eigenvalue weighted by molar-refractivity contribution is 7.71. The van der Waals surface area contributed by atoms with E-state index in [-0.39, 0.29) is 11.8 Å². The number of allylic oxidation sites excluding steroid dienone is 1. The molecule has 3 nitrogen and oxygen atoms in total. The Bertz CT molecular complexity index is 629. The van der Waals surface area contributed by atoms with Crippen molar-refractivity contribution in [2.45, 2.75) is 13.0 Å². The monoisotopic (exact) mass is 252 g/mol. The van der Waals surface area contributed by atoms with Crippen LogP contribution in [0.1, 0.15) is 13.0 Å². The van der Waals surface area contributed by atoms with Crippen molar-refractivity contribution in [2.24, 2.45) is 0 Å². The number of hydrogen-bond acceptors (Lipinski definition) is 2. The van der Waals surface area contributed by atoms with Gasteiger partial charge in [0.05, 0.1) is 24.2 Å². The molecular weight excluding hydrogens is 239 g/mol. The van der Waals surface area contributed by atoms with Crippen molar-refractivity contribution in [3.63, 3.8) is 0 Å². The predicted molar refractivity (Wildman–Crippen MR) is 68.5 cm³/mol. The zero-order valence-corrected chi connectivity index (χ0v) is 10.5. The maximum atomic E-state index is 13.5. The first-order valence-electron chi connectivity index (χ1n) is 5.18. The second kappa shape index (κ2) is 4.33. The molecule has 5 heteroatoms. The van der Waals surface area contributed by atoms with Crippen LogP contribution < -0.4 is 4.74 Å². The van der Waals surface area contributed by atoms with Gasteiger partial charge in [0.1, 0.15) is 0 Å². The Labute approximate surface area is 104 Å². The number of nitrogens with one attached hydrogen (secondary N) is 1. The minimum absolute atomic E-state index is 0.0337. The molecule has 1 N–H and O–H groups in total. The topological polar surface area (TPSA) is 29.9 Å². The Balaban J connectivity index is 2.80. The first kappa shape index (κ1) is 11.9. The third kappa shape index (κ3) is 1.86. The molecule has 0 saturated heterocycles. The van der Waals surface area contributed by atoms with Crippen LogP contribution in [0.25, 0.3) is 11.0 Å². The van der Waals surface area contributed by atoms with E-state index in [9.17, 15) is 4.39 Å². The average molecular weight is 252 g/mol. The largest absolute Gasteiger partial charge is 0.494 e. The molecule has 1 heterocycles. The molecule has 17 heavy (non-hydrogen) atoms. The highest BCUT2D eigenvalue weighted by Crippen LogP contribution is 2.26. The van der Waals surface area contributed by atoms with Crippen LogP contribution in [-0.4, -0.2) is 16.7 Å². The second-order valence-corrected chi connectivity index (χ2v) is 4.17. The summed E-state index contributed by atoms with van der Waals surface area (Å²) >= 11 is 5.21. The minimum Gasteiger partial charge on any atom is -0.494 e. The molecule has 0 aliphatic heterocycles. The molecule has 90 valence electrons. The number of hydrogen-bond donors (Lipinski definition) is 1. The van der Waals surface area contributed by atoms with Crippen LogP contribution in [0.5, 0.6) is 5.75 Å². The number of aromatic amines is 1. The highest BCUT2D eigenvalue weighted by Gasteiger charge is 2.12. The summed E-state index contributed by atoms with van der Waals surface area (Å²) in [5.74, 6) is -0.203. The Morgan fingerprint density at radius 3 is 2.88 bits per heavy atom. The molecule has 0 fully saturated rings. The maximum absolute atomic E-state index is 13.5. The average Bonchev–Trinajstić information content (AvgIpc) is 2.62. The van der Waals surface area contributed by atoms with E-state index in [1.165, 1.54) is 13.2 Å². The standard InChI is InChI=1S/C12H13FN2OS/c1-4-7(2)15-10-6-11(16-3)8(13)5-9(10)14-12(15)17/h4-7H,1H2,2-3H3,(H,14,17). The molecule has 2 aromatic rings. The van der Waals surface area contributed by atoms with Crippen molar-refractivity contribution < 1.29 is 9.13 Å². The van der Waals surface area contributed by atoms with Gasteiger partial charge in [0.25, 0.3) is 0 Å². The van der Waals surface area contributed by atoms with E-state index in [2.05, 4.69) is 11.6 Å². The van der Waals surface area contributed by atoms with Gasteiger partial charge < -0.3 is 14.3 Å². The van der Waals surface area contributed by atoms with Crippen LogP contribution in [0.4, 0.5) is 4.39 Å². The van der Waals surface area contributed by atoms with Crippen LogP contribution in [0.2, 0.25) is 0 Å². The molecule has 0 aliphatic rings. The minimum atomic E-state index is -0.408. The van der Waals surface area contributed by atoms with Crippen molar-refractivity contribution in [1.29, 1.82) is 0 Å². The normalized spacial score (nSPS) is 12.6. The van der Waals surface area contributed by atoms with Gasteiger partial charge in [0, 0.05) is 12.1 Å². The summed E-state index contributed by atoms with van der Waals surface area (Å²) in [5.41, 5.74) is 1.46. The third-order valence-corrected chi connectivity index (χ3v) is 3.04. The fraction of sp³-hybridized carbons (Fsp3) is 0.250. The number of rotatable bonds is 3. The number of H-pyrrole nitrogens is 1. The van der Waals surface area contributed by atoms with Crippen LogP contribution >= 0.6 is 12.2 Å². The molecule has 0 spiro atoms. The molecule has 0 bridgehead atoms. The zero-order chi connectivity index (χ0) is 12.6. The molecule has 1 aromatic heterocycles. The lowest BCUT2D eigenvalue weighted by Gasteiger charge is -2.10. The number of fused-ring (bicyclic) bond motifs is 1. The Kier molecular flexibility index (Phi) is 3.02. The lowest BCUT2D eigenvalue weighted by molar-refractivity contribution is 0.387. The van der Waals surface area contributed by atoms with Crippen LogP contribution in [0.3, 0.4) is 0 Å². The molecule has 0 saturated carbocycles. The van der Waals surface area contributed by atoms with Crippen molar-refractivity contribution in [3.05, 3.63) is 35.4 Å². The van der Waals surface area contributed by atoms with E-state index >= 15 is 0 Å². The van der Waals surface area contributed by atoms with Gasteiger partial charge >= 0.3 is 0 Å². The summed E-state index contributed by atoms with van der Waals surface area (Å²) in [7, 11) is 1.44. The number of aromatic nitrogens is 2. The van der Waals surface area contributed by atoms with Crippen LogP contribution in [-0.2, 0) is 0 Å². The zero-order valence-electron chi connectivity index (χ0n) is 9.66. The second-order valence-electron chi connectivity index (χ2n) is 3.78. The van der Waals surface area contributed by atoms with Gasteiger partial charge in [-0.15, -0.1) is 6.58 Å². The van der Waals surface area contributed by atoms with Gasteiger partial charge in [0.15, 0.2) is 16.3 Å². The molecular formula is C12H13FN2OS. The molecule has 0 amide bonds. The summed E-state index contributed by atoms with van der Waals surface area (Å²) in [4.78, 5) is 2.97. The molecule has 0 aliphatic carbocycles. The van der Waals surface area contributed by atoms with Gasteiger partial charge in [-0.25, -0.2) is 4.39 Å². The first-order valence-corrected chi connectivity index (χ1v) is 5.59. The maximum Gasteiger partial charge on any atom is 0.178 e. The number of imidazole rings is 1. The van der Waals surface area contributed by atoms with Crippen molar-refractivity contribution in [1.82, 2.24) is 9.55 Å². The molecule has 2 rings (SSSR count). The molecule has 1 unspecified atom stereocenters. The van der Waals surface area contributed by atoms with Crippen LogP contribution in [0, 0.1) is 10.6 Å². The molecule has 0 radical (unpaired) electrons. The van der Waals surface area contributed by atoms with Crippen LogP contribution in [0.15, 0.2) is 24.8 Å². The Hall–Kier alpha value is -1.62. The first-order chi connectivity index (χ1) is 8.08. The SMILES string of the molecule is C=CC(C)n1c(=S)[nH]c2cc(F)c(OC)cc21. The van der Waals surface area contributed by atoms with E-state index in [1.54, 1.807) is 12.1 Å². The summed E-state index contributed by atoms with van der Waals surface area (Å²) in [6.45, 7) is 5.70. The fourth-order valence-electron chi connectivity index (χ4n) is 1.79. The van der Waals surface area contributed by atoms with Crippen molar-refractivity contribution >= 4 is 23.3 Å². The summed E-state index contributed by atoms with van der Waals surface area (Å²) in [6, 6.07) is 3.05. The third-order valence-electron chi connectivity index (χ3n) is 2.74. The highest BCUT2D eigenvalue weighted by atomic mass is 32.1. The Morgan fingerprint density at radius 2 is 2.29 bits per heavy atom. The fourth-order valence-corrected chi connectivity index (χ4v) is 2.17. The summed E-state index contributed by atoms with van der Waals surface area (Å²) < 4.78 is 20.9. The van der Waals surface area contributed by atoms with Gasteiger partial charge in [-0.05, 0) is 19.1 Å². The van der Waals surface area contributed by atoms with E-state index in [0.29, 0.717) is 10.3 Å². The van der Waals surface area contributed by atoms with E-state index in [1.807, 2.05) is 11.5 Å². The smallest absolute Gasteiger partial charge is 0.178 e. The summed E-state index contributed by atoms with van der Waals surface area (Å²) in [6.07, 6.45) is 1.78. The number of halogens is 1. The lowest BCUT2D eigenvalue weighted by atomic mass is 10.2. The predicted octanol–water partition coefficient (Wildman–Crippen LogP) is 3.59. The van der Waals surface area contributed by atoms with Crippen molar-refractivity contribution in [2.75, 3.05) is 7.11 Å². The molecule has 1 atom stereocenters. The van der Waals surface area contributed by atoms with Gasteiger partial charge in [-0.2, -0.15) is 0 Å². The van der Waals surface area contributed by atoms with Gasteiger partial charge in [-0.1, -0.05) is 6.08 Å². The lowest BCUT2D eigenvalue weighted by Crippen LogP contribution is -2.01. The Morgan fingerprint density at radius 1 is 1.59 bits per heavy atom. The van der Waals surface area contributed by atoms with Gasteiger partial charge in [-0.3, -0.25) is 0 Å². The number of benzene rings is 1. The number of nitrogens with zero attached hydrogens (tertiary/aromatic N) is 1. The summed E-state index contributed by atoms with van der Waals surface area (Å²) in [5, 5.41) is 0. The molecule has 1 aromatic carbocycles. The van der Waals surface area contributed by atoms with E-state index < -0.39 is 5.82 Å². The van der Waals surface area contributed by atoms with E-state index in [4.69, 9.17) is 17.0 Å². The van der Waals surface area contributed by atoms with Gasteiger partial charge in [0.2, 0.25) is 0 Å². The number of methoxy groups -OCH3 is 1. The van der Waals surface area contributed by atoms with E-state index in [0.717, 1.165) is 5.52 Å². The quantitative estimate of drug-likeness (QED) is 0.668. The number of ether oxygens (including phenoxy) is 1.